The van der Waals surface area contributed by atoms with E-state index < -0.39 is 0 Å². The molecule has 0 aliphatic heterocycles. The molecule has 10 nitrogen and oxygen atoms in total. The highest BCUT2D eigenvalue weighted by Crippen LogP contribution is 2.25. The second-order valence-corrected chi connectivity index (χ2v) is 9.34. The van der Waals surface area contributed by atoms with Crippen LogP contribution in [0.5, 0.6) is 11.8 Å². The third-order valence-corrected chi connectivity index (χ3v) is 6.17. The van der Waals surface area contributed by atoms with Gasteiger partial charge in [-0.3, -0.25) is 14.5 Å². The minimum Gasteiger partial charge on any atom is -0.408 e. The van der Waals surface area contributed by atoms with E-state index in [-0.39, 0.29) is 11.9 Å². The first kappa shape index (κ1) is 26.3. The van der Waals surface area contributed by atoms with Crippen LogP contribution in [0.15, 0.2) is 36.7 Å². The molecule has 4 rings (SSSR count). The maximum atomic E-state index is 11.4. The van der Waals surface area contributed by atoms with Crippen molar-refractivity contribution in [3.05, 3.63) is 47.8 Å². The van der Waals surface area contributed by atoms with Crippen LogP contribution in [0, 0.1) is 0 Å². The molecule has 0 aliphatic carbocycles. The van der Waals surface area contributed by atoms with Gasteiger partial charge in [0.15, 0.2) is 0 Å². The summed E-state index contributed by atoms with van der Waals surface area (Å²) < 4.78 is 12.6. The molecule has 10 heteroatoms. The molecule has 0 bridgehead atoms. The standard InChI is InChI=1S/C27H34N6O4/c1-6-32(14-12-20-15-28-22-7-9-24(29-26(20)22)36-18(2)34)17-33-16-21(11-13-31(4)5)27-23(33)8-10-25(30-27)37-19(3)35/h7-10,15-16,28H,6,11-14,17H2,1-5H3. The van der Waals surface area contributed by atoms with Crippen LogP contribution < -0.4 is 9.47 Å². The van der Waals surface area contributed by atoms with Crippen LogP contribution in [-0.2, 0) is 29.1 Å². The normalized spacial score (nSPS) is 11.6. The fraction of sp³-hybridized carbons (Fsp3) is 0.407. The summed E-state index contributed by atoms with van der Waals surface area (Å²) in [5.41, 5.74) is 5.77. The number of fused-ring (bicyclic) bond motifs is 2. The first-order chi connectivity index (χ1) is 17.7. The van der Waals surface area contributed by atoms with E-state index in [2.05, 4.69) is 42.4 Å². The van der Waals surface area contributed by atoms with Crippen molar-refractivity contribution >= 4 is 34.0 Å². The Morgan fingerprint density at radius 3 is 2.22 bits per heavy atom. The zero-order valence-electron chi connectivity index (χ0n) is 22.1. The molecule has 0 fully saturated rings. The predicted molar refractivity (Wildman–Crippen MR) is 142 cm³/mol. The minimum absolute atomic E-state index is 0.304. The largest absolute Gasteiger partial charge is 0.408 e. The Hall–Kier alpha value is -3.76. The lowest BCUT2D eigenvalue weighted by Gasteiger charge is -2.21. The smallest absolute Gasteiger partial charge is 0.309 e. The number of aromatic nitrogens is 4. The molecule has 0 unspecified atom stereocenters. The Morgan fingerprint density at radius 2 is 1.57 bits per heavy atom. The van der Waals surface area contributed by atoms with Gasteiger partial charge in [-0.15, -0.1) is 0 Å². The molecule has 0 saturated heterocycles. The summed E-state index contributed by atoms with van der Waals surface area (Å²) in [4.78, 5) is 39.7. The van der Waals surface area contributed by atoms with Crippen molar-refractivity contribution in [3.63, 3.8) is 0 Å². The van der Waals surface area contributed by atoms with Crippen molar-refractivity contribution in [3.8, 4) is 11.8 Å². The lowest BCUT2D eigenvalue weighted by molar-refractivity contribution is -0.133. The monoisotopic (exact) mass is 506 g/mol. The number of esters is 2. The predicted octanol–water partition coefficient (Wildman–Crippen LogP) is 3.39. The summed E-state index contributed by atoms with van der Waals surface area (Å²) in [6.07, 6.45) is 5.74. The molecular formula is C27H34N6O4. The summed E-state index contributed by atoms with van der Waals surface area (Å²) in [5, 5.41) is 0. The molecule has 1 N–H and O–H groups in total. The van der Waals surface area contributed by atoms with E-state index >= 15 is 0 Å². The van der Waals surface area contributed by atoms with Gasteiger partial charge in [-0.1, -0.05) is 6.92 Å². The van der Waals surface area contributed by atoms with E-state index in [0.717, 1.165) is 65.7 Å². The van der Waals surface area contributed by atoms with Gasteiger partial charge in [-0.05, 0) is 56.7 Å². The number of hydrogen-bond donors (Lipinski definition) is 1. The van der Waals surface area contributed by atoms with Crippen LogP contribution in [0.2, 0.25) is 0 Å². The topological polar surface area (TPSA) is 106 Å². The summed E-state index contributed by atoms with van der Waals surface area (Å²) in [5.74, 6) is -0.154. The van der Waals surface area contributed by atoms with Gasteiger partial charge < -0.3 is 23.9 Å². The van der Waals surface area contributed by atoms with Crippen molar-refractivity contribution in [2.75, 3.05) is 33.7 Å². The fourth-order valence-corrected chi connectivity index (χ4v) is 4.32. The number of rotatable bonds is 11. The van der Waals surface area contributed by atoms with E-state index in [1.807, 2.05) is 32.4 Å². The average Bonchev–Trinajstić information content (AvgIpc) is 3.40. The van der Waals surface area contributed by atoms with E-state index in [0.29, 0.717) is 18.4 Å². The highest BCUT2D eigenvalue weighted by atomic mass is 16.5. The summed E-state index contributed by atoms with van der Waals surface area (Å²) in [6.45, 7) is 8.14. The Morgan fingerprint density at radius 1 is 0.919 bits per heavy atom. The SMILES string of the molecule is CCN(CCc1c[nH]c2ccc(OC(C)=O)nc12)Cn1cc(CCN(C)C)c2nc(OC(C)=O)ccc21. The Labute approximate surface area is 216 Å². The van der Waals surface area contributed by atoms with Crippen LogP contribution in [-0.4, -0.2) is 75.0 Å². The van der Waals surface area contributed by atoms with Crippen molar-refractivity contribution in [2.24, 2.45) is 0 Å². The molecular weight excluding hydrogens is 472 g/mol. The van der Waals surface area contributed by atoms with Crippen molar-refractivity contribution in [2.45, 2.75) is 40.3 Å². The van der Waals surface area contributed by atoms with Gasteiger partial charge in [0.1, 0.15) is 0 Å². The number of nitrogens with zero attached hydrogens (tertiary/aromatic N) is 5. The lowest BCUT2D eigenvalue weighted by Crippen LogP contribution is -2.28. The van der Waals surface area contributed by atoms with Crippen LogP contribution in [0.1, 0.15) is 31.9 Å². The zero-order valence-corrected chi connectivity index (χ0v) is 22.1. The number of carbonyl (C=O) groups is 2. The molecule has 4 heterocycles. The highest BCUT2D eigenvalue weighted by molar-refractivity contribution is 5.81. The molecule has 0 radical (unpaired) electrons. The molecule has 0 atom stereocenters. The van der Waals surface area contributed by atoms with Crippen LogP contribution >= 0.6 is 0 Å². The van der Waals surface area contributed by atoms with Crippen LogP contribution in [0.25, 0.3) is 22.1 Å². The maximum Gasteiger partial charge on any atom is 0.309 e. The third kappa shape index (κ3) is 6.52. The molecule has 4 aromatic rings. The molecule has 4 aromatic heterocycles. The molecule has 0 saturated carbocycles. The Kier molecular flexibility index (Phi) is 8.20. The third-order valence-electron chi connectivity index (χ3n) is 6.17. The number of aromatic amines is 1. The first-order valence-corrected chi connectivity index (χ1v) is 12.4. The lowest BCUT2D eigenvalue weighted by atomic mass is 10.2. The average molecular weight is 507 g/mol. The van der Waals surface area contributed by atoms with Crippen LogP contribution in [0.3, 0.4) is 0 Å². The van der Waals surface area contributed by atoms with E-state index in [4.69, 9.17) is 9.47 Å². The van der Waals surface area contributed by atoms with Gasteiger partial charge in [0.2, 0.25) is 11.8 Å². The van der Waals surface area contributed by atoms with Gasteiger partial charge in [-0.2, -0.15) is 0 Å². The fourth-order valence-electron chi connectivity index (χ4n) is 4.32. The molecule has 0 aromatic carbocycles. The Balaban J connectivity index is 1.54. The second kappa shape index (κ2) is 11.5. The van der Waals surface area contributed by atoms with E-state index in [1.54, 1.807) is 12.1 Å². The number of likely N-dealkylation sites (N-methyl/N-ethyl adjacent to an activating group) is 2. The molecule has 37 heavy (non-hydrogen) atoms. The number of hydrogen-bond acceptors (Lipinski definition) is 8. The van der Waals surface area contributed by atoms with Crippen LogP contribution in [0.4, 0.5) is 0 Å². The van der Waals surface area contributed by atoms with Gasteiger partial charge in [0.25, 0.3) is 0 Å². The van der Waals surface area contributed by atoms with Crippen molar-refractivity contribution < 1.29 is 19.1 Å². The molecule has 0 aliphatic rings. The van der Waals surface area contributed by atoms with Crippen molar-refractivity contribution in [1.82, 2.24) is 29.3 Å². The maximum absolute atomic E-state index is 11.4. The molecule has 196 valence electrons. The van der Waals surface area contributed by atoms with E-state index in [1.165, 1.54) is 13.8 Å². The highest BCUT2D eigenvalue weighted by Gasteiger charge is 2.15. The number of carbonyl (C=O) groups excluding carboxylic acids is 2. The summed E-state index contributed by atoms with van der Waals surface area (Å²) in [7, 11) is 4.09. The first-order valence-electron chi connectivity index (χ1n) is 12.4. The van der Waals surface area contributed by atoms with Gasteiger partial charge in [0.05, 0.1) is 28.7 Å². The molecule has 0 spiro atoms. The zero-order chi connectivity index (χ0) is 26.5. The molecule has 0 amide bonds. The van der Waals surface area contributed by atoms with Gasteiger partial charge in [-0.25, -0.2) is 9.97 Å². The quantitative estimate of drug-likeness (QED) is 0.309. The van der Waals surface area contributed by atoms with Gasteiger partial charge >= 0.3 is 11.9 Å². The number of pyridine rings is 2. The summed E-state index contributed by atoms with van der Waals surface area (Å²) >= 11 is 0. The van der Waals surface area contributed by atoms with E-state index in [9.17, 15) is 9.59 Å². The van der Waals surface area contributed by atoms with Crippen molar-refractivity contribution in [1.29, 1.82) is 0 Å². The minimum atomic E-state index is -0.389. The number of ether oxygens (including phenoxy) is 2. The summed E-state index contributed by atoms with van der Waals surface area (Å²) in [6, 6.07) is 7.27. The number of nitrogens with one attached hydrogen (secondary N) is 1. The number of H-pyrrole nitrogens is 1. The van der Waals surface area contributed by atoms with Gasteiger partial charge in [0, 0.05) is 51.5 Å². The Bertz CT molecular complexity index is 1410. The second-order valence-electron chi connectivity index (χ2n) is 9.34.